The first kappa shape index (κ1) is 18.1. The molecule has 2 atom stereocenters. The van der Waals surface area contributed by atoms with E-state index in [1.165, 1.54) is 5.56 Å². The number of hydrogen-bond acceptors (Lipinski definition) is 5. The van der Waals surface area contributed by atoms with Crippen molar-refractivity contribution in [1.29, 1.82) is 0 Å². The third kappa shape index (κ3) is 3.93. The van der Waals surface area contributed by atoms with Crippen molar-refractivity contribution in [1.82, 2.24) is 25.0 Å². The number of carbonyl (C=O) groups excluding carboxylic acids is 1. The van der Waals surface area contributed by atoms with Crippen LogP contribution < -0.4 is 5.32 Å². The van der Waals surface area contributed by atoms with Crippen LogP contribution in [-0.2, 0) is 17.8 Å². The molecule has 0 spiro atoms. The van der Waals surface area contributed by atoms with Crippen LogP contribution in [-0.4, -0.2) is 45.2 Å². The van der Waals surface area contributed by atoms with E-state index < -0.39 is 0 Å². The molecule has 1 N–H and O–H groups in total. The second-order valence-corrected chi connectivity index (χ2v) is 7.33. The summed E-state index contributed by atoms with van der Waals surface area (Å²) in [5.41, 5.74) is 1.29. The Bertz CT molecular complexity index is 692. The Hall–Kier alpha value is -1.73. The summed E-state index contributed by atoms with van der Waals surface area (Å²) in [7, 11) is 0. The smallest absolute Gasteiger partial charge is 0.224 e. The molecule has 6 nitrogen and oxygen atoms in total. The molecule has 3 heterocycles. The van der Waals surface area contributed by atoms with Gasteiger partial charge < -0.3 is 9.88 Å². The average molecular weight is 362 g/mol. The van der Waals surface area contributed by atoms with Crippen LogP contribution in [0.3, 0.4) is 0 Å². The number of aryl methyl sites for hydroxylation is 2. The minimum absolute atomic E-state index is 0.00188. The number of aromatic nitrogens is 3. The Morgan fingerprint density at radius 2 is 2.24 bits per heavy atom. The van der Waals surface area contributed by atoms with Gasteiger partial charge in [0.1, 0.15) is 11.6 Å². The fraction of sp³-hybridized carbons (Fsp3) is 0.611. The molecular formula is C18H27N5OS. The lowest BCUT2D eigenvalue weighted by atomic mass is 9.98. The molecule has 0 aliphatic carbocycles. The Morgan fingerprint density at radius 1 is 1.44 bits per heavy atom. The van der Waals surface area contributed by atoms with Gasteiger partial charge in [0.05, 0.1) is 12.0 Å². The van der Waals surface area contributed by atoms with Crippen molar-refractivity contribution in [3.8, 4) is 0 Å². The zero-order chi connectivity index (χ0) is 17.8. The predicted octanol–water partition coefficient (Wildman–Crippen LogP) is 2.41. The monoisotopic (exact) mass is 361 g/mol. The van der Waals surface area contributed by atoms with Gasteiger partial charge in [0.15, 0.2) is 0 Å². The highest BCUT2D eigenvalue weighted by Gasteiger charge is 2.28. The molecule has 1 aliphatic heterocycles. The highest BCUT2D eigenvalue weighted by molar-refractivity contribution is 7.07. The van der Waals surface area contributed by atoms with Crippen molar-refractivity contribution in [3.63, 3.8) is 0 Å². The van der Waals surface area contributed by atoms with Crippen molar-refractivity contribution in [3.05, 3.63) is 34.0 Å². The first-order valence-electron chi connectivity index (χ1n) is 9.06. The third-order valence-corrected chi connectivity index (χ3v) is 5.85. The molecule has 1 amide bonds. The molecule has 0 fully saturated rings. The van der Waals surface area contributed by atoms with E-state index >= 15 is 0 Å². The second-order valence-electron chi connectivity index (χ2n) is 6.55. The highest BCUT2D eigenvalue weighted by atomic mass is 32.1. The fourth-order valence-corrected chi connectivity index (χ4v) is 4.31. The Labute approximate surface area is 153 Å². The zero-order valence-corrected chi connectivity index (χ0v) is 16.1. The van der Waals surface area contributed by atoms with Crippen LogP contribution in [0.15, 0.2) is 16.8 Å². The maximum Gasteiger partial charge on any atom is 0.224 e. The number of hydrogen-bond donors (Lipinski definition) is 1. The molecule has 1 aliphatic rings. The number of nitrogens with one attached hydrogen (secondary N) is 1. The van der Waals surface area contributed by atoms with E-state index in [4.69, 9.17) is 0 Å². The van der Waals surface area contributed by atoms with E-state index in [2.05, 4.69) is 55.7 Å². The van der Waals surface area contributed by atoms with Crippen LogP contribution in [0.4, 0.5) is 0 Å². The fourth-order valence-electron chi connectivity index (χ4n) is 3.60. The summed E-state index contributed by atoms with van der Waals surface area (Å²) in [5, 5.41) is 15.8. The molecule has 0 saturated heterocycles. The largest absolute Gasteiger partial charge is 0.354 e. The van der Waals surface area contributed by atoms with Crippen LogP contribution in [0.1, 0.15) is 43.5 Å². The predicted molar refractivity (Wildman–Crippen MR) is 99.6 cm³/mol. The standard InChI is InChI=1S/C18H27N5OS/c1-4-22(5-2)16(15-8-9-25-12-15)10-19-18(24)14-6-7-17-21-20-13(3)23(17)11-14/h8-9,12,14,16H,4-7,10-11H2,1-3H3,(H,19,24). The van der Waals surface area contributed by atoms with Gasteiger partial charge in [-0.25, -0.2) is 0 Å². The number of fused-ring (bicyclic) bond motifs is 1. The van der Waals surface area contributed by atoms with Gasteiger partial charge in [0.2, 0.25) is 5.91 Å². The van der Waals surface area contributed by atoms with Gasteiger partial charge in [-0.3, -0.25) is 9.69 Å². The molecule has 7 heteroatoms. The molecule has 25 heavy (non-hydrogen) atoms. The van der Waals surface area contributed by atoms with E-state index in [1.54, 1.807) is 11.3 Å². The van der Waals surface area contributed by atoms with Crippen LogP contribution in [0, 0.1) is 12.8 Å². The summed E-state index contributed by atoms with van der Waals surface area (Å²) >= 11 is 1.71. The van der Waals surface area contributed by atoms with Crippen molar-refractivity contribution in [2.75, 3.05) is 19.6 Å². The van der Waals surface area contributed by atoms with Gasteiger partial charge in [-0.15, -0.1) is 10.2 Å². The number of likely N-dealkylation sites (N-methyl/N-ethyl adjacent to an activating group) is 1. The quantitative estimate of drug-likeness (QED) is 0.823. The first-order chi connectivity index (χ1) is 12.1. The van der Waals surface area contributed by atoms with Crippen LogP contribution in [0.5, 0.6) is 0 Å². The molecule has 3 rings (SSSR count). The molecular weight excluding hydrogens is 334 g/mol. The molecule has 0 bridgehead atoms. The SMILES string of the molecule is CCN(CC)C(CNC(=O)C1CCc2nnc(C)n2C1)c1ccsc1. The number of carbonyl (C=O) groups is 1. The Balaban J connectivity index is 1.63. The van der Waals surface area contributed by atoms with E-state index in [1.807, 2.05) is 6.92 Å². The minimum atomic E-state index is 0.00188. The summed E-state index contributed by atoms with van der Waals surface area (Å²) < 4.78 is 2.08. The van der Waals surface area contributed by atoms with E-state index in [0.29, 0.717) is 13.1 Å². The van der Waals surface area contributed by atoms with Crippen LogP contribution in [0.2, 0.25) is 0 Å². The summed E-state index contributed by atoms with van der Waals surface area (Å²) in [5.74, 6) is 2.04. The molecule has 2 aromatic rings. The van der Waals surface area contributed by atoms with Gasteiger partial charge in [-0.05, 0) is 48.8 Å². The zero-order valence-electron chi connectivity index (χ0n) is 15.2. The Morgan fingerprint density at radius 3 is 2.92 bits per heavy atom. The van der Waals surface area contributed by atoms with Gasteiger partial charge >= 0.3 is 0 Å². The van der Waals surface area contributed by atoms with Crippen molar-refractivity contribution in [2.45, 2.75) is 46.2 Å². The average Bonchev–Trinajstić information content (AvgIpc) is 3.28. The maximum absolute atomic E-state index is 12.7. The van der Waals surface area contributed by atoms with E-state index in [9.17, 15) is 4.79 Å². The normalized spacial score (nSPS) is 18.2. The van der Waals surface area contributed by atoms with Gasteiger partial charge in [0, 0.05) is 19.5 Å². The summed E-state index contributed by atoms with van der Waals surface area (Å²) in [6.45, 7) is 9.57. The molecule has 2 aromatic heterocycles. The Kier molecular flexibility index (Phi) is 5.86. The molecule has 2 unspecified atom stereocenters. The number of amides is 1. The number of nitrogens with zero attached hydrogens (tertiary/aromatic N) is 4. The lowest BCUT2D eigenvalue weighted by molar-refractivity contribution is -0.126. The first-order valence-corrected chi connectivity index (χ1v) is 10.0. The molecule has 136 valence electrons. The minimum Gasteiger partial charge on any atom is -0.354 e. The number of thiophene rings is 1. The van der Waals surface area contributed by atoms with E-state index in [-0.39, 0.29) is 17.9 Å². The lowest BCUT2D eigenvalue weighted by Crippen LogP contribution is -2.42. The van der Waals surface area contributed by atoms with Gasteiger partial charge in [0.25, 0.3) is 0 Å². The van der Waals surface area contributed by atoms with Crippen molar-refractivity contribution < 1.29 is 4.79 Å². The summed E-state index contributed by atoms with van der Waals surface area (Å²) in [6.07, 6.45) is 1.67. The summed E-state index contributed by atoms with van der Waals surface area (Å²) in [4.78, 5) is 15.1. The molecule has 0 radical (unpaired) electrons. The van der Waals surface area contributed by atoms with Crippen molar-refractivity contribution >= 4 is 17.2 Å². The third-order valence-electron chi connectivity index (χ3n) is 5.15. The van der Waals surface area contributed by atoms with E-state index in [0.717, 1.165) is 37.6 Å². The van der Waals surface area contributed by atoms with Gasteiger partial charge in [-0.2, -0.15) is 11.3 Å². The van der Waals surface area contributed by atoms with Crippen LogP contribution in [0.25, 0.3) is 0 Å². The molecule has 0 saturated carbocycles. The highest BCUT2D eigenvalue weighted by Crippen LogP contribution is 2.23. The topological polar surface area (TPSA) is 63.1 Å². The lowest BCUT2D eigenvalue weighted by Gasteiger charge is -2.30. The number of rotatable bonds is 7. The van der Waals surface area contributed by atoms with Gasteiger partial charge in [-0.1, -0.05) is 13.8 Å². The van der Waals surface area contributed by atoms with Crippen molar-refractivity contribution in [2.24, 2.45) is 5.92 Å². The van der Waals surface area contributed by atoms with Crippen LogP contribution >= 0.6 is 11.3 Å². The molecule has 0 aromatic carbocycles. The summed E-state index contributed by atoms with van der Waals surface area (Å²) in [6, 6.07) is 2.40. The maximum atomic E-state index is 12.7. The second kappa shape index (κ2) is 8.10.